The van der Waals surface area contributed by atoms with Gasteiger partial charge in [-0.3, -0.25) is 13.9 Å². The van der Waals surface area contributed by atoms with E-state index in [2.05, 4.69) is 9.97 Å². The van der Waals surface area contributed by atoms with Crippen molar-refractivity contribution in [2.45, 2.75) is 25.3 Å². The summed E-state index contributed by atoms with van der Waals surface area (Å²) in [6.07, 6.45) is 2.98. The van der Waals surface area contributed by atoms with Crippen LogP contribution in [0, 0.1) is 0 Å². The quantitative estimate of drug-likeness (QED) is 0.764. The Bertz CT molecular complexity index is 787. The van der Waals surface area contributed by atoms with E-state index in [1.807, 2.05) is 4.90 Å². The van der Waals surface area contributed by atoms with Crippen LogP contribution >= 0.6 is 0 Å². The molecule has 0 unspecified atom stereocenters. The molecule has 8 nitrogen and oxygen atoms in total. The van der Waals surface area contributed by atoms with Crippen molar-refractivity contribution in [3.8, 4) is 0 Å². The van der Waals surface area contributed by atoms with Gasteiger partial charge in [0.2, 0.25) is 5.95 Å². The number of anilines is 1. The molecule has 3 heterocycles. The van der Waals surface area contributed by atoms with Gasteiger partial charge in [-0.1, -0.05) is 0 Å². The van der Waals surface area contributed by atoms with Gasteiger partial charge in [-0.05, 0) is 19.3 Å². The lowest BCUT2D eigenvalue weighted by molar-refractivity contribution is 0.239. The fraction of sp³-hybridized carbons (Fsp3) is 0.615. The zero-order chi connectivity index (χ0) is 15.1. The first kappa shape index (κ1) is 13.9. The lowest BCUT2D eigenvalue weighted by Crippen LogP contribution is -2.42. The fourth-order valence-electron chi connectivity index (χ4n) is 2.92. The van der Waals surface area contributed by atoms with Crippen LogP contribution in [0.4, 0.5) is 5.95 Å². The van der Waals surface area contributed by atoms with E-state index in [0.717, 1.165) is 30.4 Å². The molecule has 1 aliphatic rings. The van der Waals surface area contributed by atoms with Crippen molar-refractivity contribution >= 4 is 17.1 Å². The van der Waals surface area contributed by atoms with Crippen LogP contribution in [0.15, 0.2) is 9.59 Å². The van der Waals surface area contributed by atoms with Gasteiger partial charge < -0.3 is 15.0 Å². The highest BCUT2D eigenvalue weighted by atomic mass is 16.3. The number of aliphatic hydroxyl groups is 1. The van der Waals surface area contributed by atoms with Gasteiger partial charge in [-0.25, -0.2) is 4.79 Å². The van der Waals surface area contributed by atoms with E-state index < -0.39 is 5.69 Å². The van der Waals surface area contributed by atoms with Crippen LogP contribution in [0.5, 0.6) is 0 Å². The molecule has 0 saturated carbocycles. The smallest absolute Gasteiger partial charge is 0.332 e. The zero-order valence-electron chi connectivity index (χ0n) is 12.2. The molecule has 2 aromatic heterocycles. The first-order chi connectivity index (χ1) is 10.0. The summed E-state index contributed by atoms with van der Waals surface area (Å²) in [5, 5.41) is 9.49. The third-order valence-corrected chi connectivity index (χ3v) is 4.19. The van der Waals surface area contributed by atoms with Crippen LogP contribution in [0.1, 0.15) is 19.3 Å². The molecule has 1 saturated heterocycles. The molecule has 1 atom stereocenters. The Morgan fingerprint density at radius 3 is 2.76 bits per heavy atom. The number of rotatable bonds is 2. The van der Waals surface area contributed by atoms with Crippen molar-refractivity contribution in [3.05, 3.63) is 20.8 Å². The summed E-state index contributed by atoms with van der Waals surface area (Å²) in [6.45, 7) is 0.827. The molecule has 0 aliphatic carbocycles. The van der Waals surface area contributed by atoms with Crippen LogP contribution in [0.25, 0.3) is 11.2 Å². The average molecular weight is 293 g/mol. The fourth-order valence-corrected chi connectivity index (χ4v) is 2.92. The maximum absolute atomic E-state index is 12.2. The molecule has 8 heteroatoms. The maximum atomic E-state index is 12.2. The monoisotopic (exact) mass is 293 g/mol. The highest BCUT2D eigenvalue weighted by Crippen LogP contribution is 2.23. The van der Waals surface area contributed by atoms with E-state index in [-0.39, 0.29) is 18.2 Å². The van der Waals surface area contributed by atoms with Crippen molar-refractivity contribution in [1.29, 1.82) is 0 Å². The zero-order valence-corrected chi connectivity index (χ0v) is 12.2. The second-order valence-corrected chi connectivity index (χ2v) is 5.49. The Morgan fingerprint density at radius 1 is 1.29 bits per heavy atom. The first-order valence-electron chi connectivity index (χ1n) is 7.08. The molecular weight excluding hydrogens is 274 g/mol. The normalized spacial score (nSPS) is 19.4. The van der Waals surface area contributed by atoms with Crippen LogP contribution in [-0.4, -0.2) is 43.4 Å². The maximum Gasteiger partial charge on any atom is 0.332 e. The van der Waals surface area contributed by atoms with E-state index in [9.17, 15) is 14.7 Å². The van der Waals surface area contributed by atoms with E-state index in [4.69, 9.17) is 0 Å². The number of nitrogens with one attached hydrogen (secondary N) is 1. The number of nitrogens with zero attached hydrogens (tertiary/aromatic N) is 4. The number of fused-ring (bicyclic) bond motifs is 1. The predicted molar refractivity (Wildman–Crippen MR) is 78.6 cm³/mol. The number of H-pyrrole nitrogens is 1. The van der Waals surface area contributed by atoms with Crippen molar-refractivity contribution in [2.75, 3.05) is 18.1 Å². The number of imidazole rings is 1. The van der Waals surface area contributed by atoms with Crippen molar-refractivity contribution in [3.63, 3.8) is 0 Å². The average Bonchev–Trinajstić information content (AvgIpc) is 2.96. The minimum Gasteiger partial charge on any atom is -0.394 e. The molecule has 2 N–H and O–H groups in total. The molecule has 0 radical (unpaired) electrons. The van der Waals surface area contributed by atoms with Crippen molar-refractivity contribution in [1.82, 2.24) is 19.1 Å². The summed E-state index contributed by atoms with van der Waals surface area (Å²) in [5.41, 5.74) is -0.121. The lowest BCUT2D eigenvalue weighted by atomic mass is 10.0. The number of aromatic nitrogens is 4. The predicted octanol–water partition coefficient (Wildman–Crippen LogP) is -0.689. The van der Waals surface area contributed by atoms with Gasteiger partial charge >= 0.3 is 5.69 Å². The molecule has 114 valence electrons. The Kier molecular flexibility index (Phi) is 3.32. The number of aliphatic hydroxyl groups excluding tert-OH is 1. The Morgan fingerprint density at radius 2 is 2.05 bits per heavy atom. The number of aryl methyl sites for hydroxylation is 1. The minimum absolute atomic E-state index is 0.000178. The highest BCUT2D eigenvalue weighted by Gasteiger charge is 2.25. The lowest BCUT2D eigenvalue weighted by Gasteiger charge is -2.34. The number of hydrogen-bond donors (Lipinski definition) is 2. The van der Waals surface area contributed by atoms with Crippen molar-refractivity contribution in [2.24, 2.45) is 14.1 Å². The largest absolute Gasteiger partial charge is 0.394 e. The molecule has 0 amide bonds. The molecule has 3 rings (SSSR count). The van der Waals surface area contributed by atoms with Gasteiger partial charge in [0.1, 0.15) is 0 Å². The molecule has 0 bridgehead atoms. The first-order valence-corrected chi connectivity index (χ1v) is 7.08. The van der Waals surface area contributed by atoms with E-state index in [0.29, 0.717) is 17.1 Å². The Hall–Kier alpha value is -2.09. The van der Waals surface area contributed by atoms with Gasteiger partial charge in [-0.15, -0.1) is 0 Å². The molecule has 1 fully saturated rings. The van der Waals surface area contributed by atoms with E-state index in [1.54, 1.807) is 7.05 Å². The molecule has 1 aliphatic heterocycles. The molecule has 0 spiro atoms. The molecule has 21 heavy (non-hydrogen) atoms. The van der Waals surface area contributed by atoms with Crippen molar-refractivity contribution < 1.29 is 5.11 Å². The van der Waals surface area contributed by atoms with E-state index >= 15 is 0 Å². The molecule has 2 aromatic rings. The third-order valence-electron chi connectivity index (χ3n) is 4.19. The second-order valence-electron chi connectivity index (χ2n) is 5.49. The van der Waals surface area contributed by atoms with Gasteiger partial charge in [0, 0.05) is 20.6 Å². The molecule has 0 aromatic carbocycles. The number of hydrogen-bond acceptors (Lipinski definition) is 5. The van der Waals surface area contributed by atoms with Gasteiger partial charge in [-0.2, -0.15) is 4.98 Å². The second kappa shape index (κ2) is 5.03. The highest BCUT2D eigenvalue weighted by molar-refractivity contribution is 5.73. The third kappa shape index (κ3) is 2.06. The summed E-state index contributed by atoms with van der Waals surface area (Å²) in [7, 11) is 3.04. The standard InChI is InChI=1S/C13H19N5O3/c1-16-10-9(11(20)17(2)13(16)21)14-12(15-10)18-6-4-3-5-8(18)7-19/h8,19H,3-7H2,1-2H3,(H,14,15)/t8-/m0/s1. The van der Waals surface area contributed by atoms with Gasteiger partial charge in [0.25, 0.3) is 5.56 Å². The Labute approximate surface area is 120 Å². The summed E-state index contributed by atoms with van der Waals surface area (Å²) >= 11 is 0. The van der Waals surface area contributed by atoms with Crippen LogP contribution in [0.2, 0.25) is 0 Å². The number of piperidine rings is 1. The van der Waals surface area contributed by atoms with Crippen LogP contribution in [0.3, 0.4) is 0 Å². The minimum atomic E-state index is -0.400. The number of aromatic amines is 1. The molecular formula is C13H19N5O3. The summed E-state index contributed by atoms with van der Waals surface area (Å²) in [6, 6.07) is 0.000178. The van der Waals surface area contributed by atoms with E-state index in [1.165, 1.54) is 11.6 Å². The van der Waals surface area contributed by atoms with Crippen LogP contribution < -0.4 is 16.1 Å². The summed E-state index contributed by atoms with van der Waals surface area (Å²) < 4.78 is 2.42. The SMILES string of the molecule is Cn1c(=O)c2[nH]c(N3CCCC[C@H]3CO)nc2n(C)c1=O. The van der Waals surface area contributed by atoms with Gasteiger partial charge in [0.15, 0.2) is 11.2 Å². The Balaban J connectivity index is 2.17. The summed E-state index contributed by atoms with van der Waals surface area (Å²) in [4.78, 5) is 33.5. The summed E-state index contributed by atoms with van der Waals surface area (Å²) in [5.74, 6) is 0.544. The van der Waals surface area contributed by atoms with Crippen LogP contribution in [-0.2, 0) is 14.1 Å². The topological polar surface area (TPSA) is 96.2 Å². The van der Waals surface area contributed by atoms with Gasteiger partial charge in [0.05, 0.1) is 12.6 Å².